The van der Waals surface area contributed by atoms with Crippen molar-refractivity contribution < 1.29 is 23.5 Å². The molecule has 0 saturated carbocycles. The highest BCUT2D eigenvalue weighted by Crippen LogP contribution is 2.26. The summed E-state index contributed by atoms with van der Waals surface area (Å²) in [5.41, 5.74) is 3.36. The van der Waals surface area contributed by atoms with Gasteiger partial charge in [0.2, 0.25) is 12.3 Å². The fourth-order valence-electron chi connectivity index (χ4n) is 3.61. The largest absolute Gasteiger partial charge is 0.494 e. The van der Waals surface area contributed by atoms with E-state index < -0.39 is 12.0 Å². The maximum atomic E-state index is 11.8. The fraction of sp³-hybridized carbons (Fsp3) is 0.370. The number of nitrogens with one attached hydrogen (secondary N) is 1. The van der Waals surface area contributed by atoms with Gasteiger partial charge in [0.05, 0.1) is 13.7 Å². The number of aromatic nitrogens is 1. The lowest BCUT2D eigenvalue weighted by Gasteiger charge is -2.13. The molecule has 7 nitrogen and oxygen atoms in total. The van der Waals surface area contributed by atoms with Crippen molar-refractivity contribution in [2.75, 3.05) is 13.7 Å². The number of amides is 1. The van der Waals surface area contributed by atoms with Gasteiger partial charge in [0.15, 0.2) is 0 Å². The highest BCUT2D eigenvalue weighted by Gasteiger charge is 2.18. The minimum atomic E-state index is -0.722. The molecule has 7 heteroatoms. The molecular formula is C27H32N2O5. The molecule has 0 fully saturated rings. The Morgan fingerprint density at radius 2 is 1.74 bits per heavy atom. The van der Waals surface area contributed by atoms with Gasteiger partial charge in [0.25, 0.3) is 0 Å². The van der Waals surface area contributed by atoms with E-state index in [2.05, 4.69) is 17.2 Å². The van der Waals surface area contributed by atoms with Gasteiger partial charge in [-0.05, 0) is 36.2 Å². The van der Waals surface area contributed by atoms with Gasteiger partial charge < -0.3 is 19.2 Å². The molecule has 3 rings (SSSR count). The minimum absolute atomic E-state index is 0.336. The molecule has 0 saturated heterocycles. The van der Waals surface area contributed by atoms with Crippen LogP contribution in [-0.2, 0) is 20.7 Å². The number of methoxy groups -OCH3 is 1. The number of hydrogen-bond donors (Lipinski definition) is 1. The van der Waals surface area contributed by atoms with Gasteiger partial charge in [-0.1, -0.05) is 56.9 Å². The molecule has 3 aromatic rings. The quantitative estimate of drug-likeness (QED) is 0.201. The number of esters is 1. The monoisotopic (exact) mass is 464 g/mol. The average Bonchev–Trinajstić information content (AvgIpc) is 3.36. The standard InChI is InChI=1S/C27H32N2O5/c1-3-4-5-6-7-16-33-23-14-12-22(13-15-23)26-29-25(18-34-26)21-10-8-20(9-11-21)17-24(28-19-30)27(31)32-2/h8-15,18-19,24H,3-7,16-17H2,1-2H3,(H,28,30). The Hall–Kier alpha value is -3.61. The van der Waals surface area contributed by atoms with Crippen molar-refractivity contribution in [1.29, 1.82) is 0 Å². The van der Waals surface area contributed by atoms with Crippen LogP contribution in [0, 0.1) is 0 Å². The maximum Gasteiger partial charge on any atom is 0.328 e. The lowest BCUT2D eigenvalue weighted by molar-refractivity contribution is -0.144. The van der Waals surface area contributed by atoms with Crippen LogP contribution in [0.4, 0.5) is 0 Å². The van der Waals surface area contributed by atoms with E-state index in [-0.39, 0.29) is 0 Å². The van der Waals surface area contributed by atoms with Crippen LogP contribution in [0.3, 0.4) is 0 Å². The molecule has 1 N–H and O–H groups in total. The van der Waals surface area contributed by atoms with E-state index in [0.29, 0.717) is 24.4 Å². The summed E-state index contributed by atoms with van der Waals surface area (Å²) in [6.45, 7) is 2.94. The highest BCUT2D eigenvalue weighted by molar-refractivity contribution is 5.78. The van der Waals surface area contributed by atoms with Crippen LogP contribution in [0.25, 0.3) is 22.7 Å². The molecule has 1 atom stereocenters. The molecule has 0 aliphatic carbocycles. The van der Waals surface area contributed by atoms with Gasteiger partial charge in [-0.2, -0.15) is 0 Å². The van der Waals surface area contributed by atoms with Crippen LogP contribution in [0.2, 0.25) is 0 Å². The van der Waals surface area contributed by atoms with Crippen LogP contribution in [0.15, 0.2) is 59.2 Å². The third-order valence-electron chi connectivity index (χ3n) is 5.57. The first kappa shape index (κ1) is 25.0. The van der Waals surface area contributed by atoms with Crippen molar-refractivity contribution in [2.45, 2.75) is 51.5 Å². The molecule has 0 bridgehead atoms. The first-order chi connectivity index (χ1) is 16.6. The van der Waals surface area contributed by atoms with Gasteiger partial charge in [-0.3, -0.25) is 4.79 Å². The third kappa shape index (κ3) is 7.20. The number of unbranched alkanes of at least 4 members (excludes halogenated alkanes) is 4. The summed E-state index contributed by atoms with van der Waals surface area (Å²) in [7, 11) is 1.29. The molecule has 2 aromatic carbocycles. The fourth-order valence-corrected chi connectivity index (χ4v) is 3.61. The number of benzene rings is 2. The van der Waals surface area contributed by atoms with E-state index in [4.69, 9.17) is 13.9 Å². The van der Waals surface area contributed by atoms with Crippen molar-refractivity contribution in [3.05, 3.63) is 60.4 Å². The maximum absolute atomic E-state index is 11.8. The molecule has 1 heterocycles. The van der Waals surface area contributed by atoms with Gasteiger partial charge in [0, 0.05) is 17.5 Å². The number of carbonyl (C=O) groups is 2. The number of carbonyl (C=O) groups excluding carboxylic acids is 2. The average molecular weight is 465 g/mol. The van der Waals surface area contributed by atoms with Crippen LogP contribution < -0.4 is 10.1 Å². The van der Waals surface area contributed by atoms with E-state index >= 15 is 0 Å². The molecule has 180 valence electrons. The van der Waals surface area contributed by atoms with E-state index in [1.54, 1.807) is 6.26 Å². The molecule has 1 amide bonds. The van der Waals surface area contributed by atoms with Crippen molar-refractivity contribution >= 4 is 12.4 Å². The summed E-state index contributed by atoms with van der Waals surface area (Å²) < 4.78 is 16.2. The van der Waals surface area contributed by atoms with Crippen LogP contribution in [0.1, 0.15) is 44.6 Å². The first-order valence-electron chi connectivity index (χ1n) is 11.7. The molecule has 0 spiro atoms. The molecular weight excluding hydrogens is 432 g/mol. The second kappa shape index (κ2) is 13.2. The number of rotatable bonds is 14. The van der Waals surface area contributed by atoms with E-state index in [9.17, 15) is 9.59 Å². The van der Waals surface area contributed by atoms with Crippen LogP contribution >= 0.6 is 0 Å². The molecule has 0 aliphatic heterocycles. The zero-order valence-electron chi connectivity index (χ0n) is 19.8. The summed E-state index contributed by atoms with van der Waals surface area (Å²) in [4.78, 5) is 27.1. The van der Waals surface area contributed by atoms with Gasteiger partial charge in [-0.15, -0.1) is 0 Å². The Kier molecular flexibility index (Phi) is 9.70. The third-order valence-corrected chi connectivity index (χ3v) is 5.57. The Labute approximate surface area is 200 Å². The summed E-state index contributed by atoms with van der Waals surface area (Å²) in [5, 5.41) is 2.48. The topological polar surface area (TPSA) is 90.7 Å². The zero-order chi connectivity index (χ0) is 24.2. The Morgan fingerprint density at radius 3 is 2.41 bits per heavy atom. The van der Waals surface area contributed by atoms with E-state index in [1.807, 2.05) is 48.5 Å². The second-order valence-electron chi connectivity index (χ2n) is 8.09. The molecule has 1 unspecified atom stereocenters. The van der Waals surface area contributed by atoms with E-state index in [0.717, 1.165) is 35.5 Å². The number of hydrogen-bond acceptors (Lipinski definition) is 6. The first-order valence-corrected chi connectivity index (χ1v) is 11.7. The molecule has 0 aliphatic rings. The van der Waals surface area contributed by atoms with Crippen LogP contribution in [0.5, 0.6) is 5.75 Å². The van der Waals surface area contributed by atoms with Crippen molar-refractivity contribution in [3.63, 3.8) is 0 Å². The SMILES string of the molecule is CCCCCCCOc1ccc(-c2nc(-c3ccc(CC(NC=O)C(=O)OC)cc3)co2)cc1. The number of oxazole rings is 1. The Bertz CT molecular complexity index is 1030. The van der Waals surface area contributed by atoms with Gasteiger partial charge >= 0.3 is 5.97 Å². The summed E-state index contributed by atoms with van der Waals surface area (Å²) in [5.74, 6) is 0.891. The lowest BCUT2D eigenvalue weighted by atomic mass is 10.0. The smallest absolute Gasteiger partial charge is 0.328 e. The van der Waals surface area contributed by atoms with Crippen molar-refractivity contribution in [1.82, 2.24) is 10.3 Å². The Morgan fingerprint density at radius 1 is 1.03 bits per heavy atom. The summed E-state index contributed by atoms with van der Waals surface area (Å²) in [6, 6.07) is 14.6. The predicted molar refractivity (Wildman–Crippen MR) is 130 cm³/mol. The predicted octanol–water partition coefficient (Wildman–Crippen LogP) is 5.19. The minimum Gasteiger partial charge on any atom is -0.494 e. The van der Waals surface area contributed by atoms with Crippen LogP contribution in [-0.4, -0.2) is 37.1 Å². The second-order valence-corrected chi connectivity index (χ2v) is 8.09. The molecule has 1 aromatic heterocycles. The summed E-state index contributed by atoms with van der Waals surface area (Å²) in [6.07, 6.45) is 8.52. The van der Waals surface area contributed by atoms with Gasteiger partial charge in [-0.25, -0.2) is 9.78 Å². The number of nitrogens with zero attached hydrogens (tertiary/aromatic N) is 1. The van der Waals surface area contributed by atoms with Gasteiger partial charge in [0.1, 0.15) is 23.7 Å². The van der Waals surface area contributed by atoms with E-state index in [1.165, 1.54) is 32.8 Å². The highest BCUT2D eigenvalue weighted by atomic mass is 16.5. The Balaban J connectivity index is 1.57. The lowest BCUT2D eigenvalue weighted by Crippen LogP contribution is -2.38. The van der Waals surface area contributed by atoms with Crippen molar-refractivity contribution in [3.8, 4) is 28.5 Å². The molecule has 0 radical (unpaired) electrons. The molecule has 34 heavy (non-hydrogen) atoms. The normalized spacial score (nSPS) is 11.6. The zero-order valence-corrected chi connectivity index (χ0v) is 19.8. The number of ether oxygens (including phenoxy) is 2. The summed E-state index contributed by atoms with van der Waals surface area (Å²) >= 11 is 0. The van der Waals surface area contributed by atoms with Crippen molar-refractivity contribution in [2.24, 2.45) is 0 Å².